The van der Waals surface area contributed by atoms with Gasteiger partial charge in [0.25, 0.3) is 0 Å². The number of esters is 1. The van der Waals surface area contributed by atoms with Crippen molar-refractivity contribution in [1.82, 2.24) is 9.97 Å². The van der Waals surface area contributed by atoms with E-state index in [1.54, 1.807) is 6.92 Å². The molecule has 2 aromatic carbocycles. The highest BCUT2D eigenvalue weighted by Gasteiger charge is 2.21. The van der Waals surface area contributed by atoms with Crippen molar-refractivity contribution in [1.29, 1.82) is 0 Å². The number of nitrogen functional groups attached to an aromatic ring is 1. The number of rotatable bonds is 8. The molecule has 1 unspecified atom stereocenters. The van der Waals surface area contributed by atoms with Crippen molar-refractivity contribution in [2.24, 2.45) is 0 Å². The van der Waals surface area contributed by atoms with Gasteiger partial charge in [-0.3, -0.25) is 4.79 Å². The molecule has 0 amide bonds. The molecule has 1 atom stereocenters. The second-order valence-electron chi connectivity index (χ2n) is 7.03. The maximum Gasteiger partial charge on any atom is 0.321 e. The SMILES string of the molecule is CCOC(=O)CS(=O)(=O)c1ccc(NC(O)c2nc(-c3ccc(C)cc3)cnc2N)cc1. The normalized spacial score (nSPS) is 12.2. The Morgan fingerprint density at radius 1 is 1.16 bits per heavy atom. The van der Waals surface area contributed by atoms with Gasteiger partial charge in [0.05, 0.1) is 23.4 Å². The van der Waals surface area contributed by atoms with E-state index in [2.05, 4.69) is 15.3 Å². The van der Waals surface area contributed by atoms with Crippen LogP contribution in [0.1, 0.15) is 24.4 Å². The lowest BCUT2D eigenvalue weighted by molar-refractivity contribution is -0.139. The van der Waals surface area contributed by atoms with Gasteiger partial charge >= 0.3 is 5.97 Å². The summed E-state index contributed by atoms with van der Waals surface area (Å²) in [5, 5.41) is 13.4. The topological polar surface area (TPSA) is 144 Å². The fourth-order valence-corrected chi connectivity index (χ4v) is 4.01. The van der Waals surface area contributed by atoms with E-state index in [-0.39, 0.29) is 23.0 Å². The minimum absolute atomic E-state index is 0.0359. The van der Waals surface area contributed by atoms with Crippen LogP contribution in [0.4, 0.5) is 11.5 Å². The summed E-state index contributed by atoms with van der Waals surface area (Å²) in [6.45, 7) is 3.68. The predicted octanol–water partition coefficient (Wildman–Crippen LogP) is 2.47. The zero-order chi connectivity index (χ0) is 23.3. The van der Waals surface area contributed by atoms with Crippen molar-refractivity contribution < 1.29 is 23.1 Å². The van der Waals surface area contributed by atoms with E-state index < -0.39 is 27.8 Å². The second kappa shape index (κ2) is 9.75. The van der Waals surface area contributed by atoms with Crippen LogP contribution in [0.3, 0.4) is 0 Å². The Kier molecular flexibility index (Phi) is 7.06. The quantitative estimate of drug-likeness (QED) is 0.344. The van der Waals surface area contributed by atoms with E-state index in [9.17, 15) is 18.3 Å². The first-order valence-electron chi connectivity index (χ1n) is 9.82. The fourth-order valence-electron chi connectivity index (χ4n) is 2.90. The maximum absolute atomic E-state index is 12.3. The van der Waals surface area contributed by atoms with Crippen LogP contribution in [-0.4, -0.2) is 41.8 Å². The fraction of sp³-hybridized carbons (Fsp3) is 0.227. The molecular formula is C22H24N4O5S. The molecule has 0 radical (unpaired) electrons. The Balaban J connectivity index is 1.76. The molecule has 0 aliphatic carbocycles. The van der Waals surface area contributed by atoms with Crippen molar-refractivity contribution in [2.45, 2.75) is 25.0 Å². The van der Waals surface area contributed by atoms with Crippen LogP contribution in [0, 0.1) is 6.92 Å². The average molecular weight is 457 g/mol. The number of nitrogens with one attached hydrogen (secondary N) is 1. The first kappa shape index (κ1) is 23.2. The largest absolute Gasteiger partial charge is 0.465 e. The van der Waals surface area contributed by atoms with Crippen LogP contribution in [0.2, 0.25) is 0 Å². The highest BCUT2D eigenvalue weighted by molar-refractivity contribution is 7.92. The molecule has 4 N–H and O–H groups in total. The van der Waals surface area contributed by atoms with E-state index in [4.69, 9.17) is 10.5 Å². The summed E-state index contributed by atoms with van der Waals surface area (Å²) >= 11 is 0. The molecule has 0 spiro atoms. The number of anilines is 2. The lowest BCUT2D eigenvalue weighted by Crippen LogP contribution is -2.19. The number of benzene rings is 2. The molecule has 1 heterocycles. The van der Waals surface area contributed by atoms with E-state index in [1.807, 2.05) is 31.2 Å². The monoisotopic (exact) mass is 456 g/mol. The van der Waals surface area contributed by atoms with Crippen LogP contribution in [-0.2, 0) is 19.4 Å². The van der Waals surface area contributed by atoms with Crippen LogP contribution < -0.4 is 11.1 Å². The zero-order valence-corrected chi connectivity index (χ0v) is 18.5. The molecule has 0 fully saturated rings. The van der Waals surface area contributed by atoms with Gasteiger partial charge in [-0.2, -0.15) is 0 Å². The van der Waals surface area contributed by atoms with Crippen LogP contribution in [0.15, 0.2) is 59.6 Å². The smallest absolute Gasteiger partial charge is 0.321 e. The molecule has 168 valence electrons. The van der Waals surface area contributed by atoms with Gasteiger partial charge in [0, 0.05) is 11.3 Å². The van der Waals surface area contributed by atoms with Gasteiger partial charge in [-0.1, -0.05) is 29.8 Å². The summed E-state index contributed by atoms with van der Waals surface area (Å²) < 4.78 is 29.3. The number of nitrogens with zero attached hydrogens (tertiary/aromatic N) is 2. The summed E-state index contributed by atoms with van der Waals surface area (Å²) in [5.41, 5.74) is 8.95. The predicted molar refractivity (Wildman–Crippen MR) is 120 cm³/mol. The Bertz CT molecular complexity index is 1200. The van der Waals surface area contributed by atoms with Crippen molar-refractivity contribution >= 4 is 27.3 Å². The van der Waals surface area contributed by atoms with Gasteiger partial charge in [-0.05, 0) is 38.1 Å². The Labute approximate surface area is 186 Å². The van der Waals surface area contributed by atoms with E-state index in [0.717, 1.165) is 11.1 Å². The number of aliphatic hydroxyl groups excluding tert-OH is 1. The molecule has 0 saturated heterocycles. The van der Waals surface area contributed by atoms with Crippen molar-refractivity contribution in [3.8, 4) is 11.3 Å². The molecule has 3 aromatic rings. The van der Waals surface area contributed by atoms with Gasteiger partial charge in [0.15, 0.2) is 21.8 Å². The summed E-state index contributed by atoms with van der Waals surface area (Å²) in [4.78, 5) is 20.0. The van der Waals surface area contributed by atoms with Gasteiger partial charge in [0.2, 0.25) is 0 Å². The molecule has 9 nitrogen and oxygen atoms in total. The number of sulfone groups is 1. The van der Waals surface area contributed by atoms with Crippen molar-refractivity contribution in [2.75, 3.05) is 23.4 Å². The van der Waals surface area contributed by atoms with E-state index in [0.29, 0.717) is 11.4 Å². The summed E-state index contributed by atoms with van der Waals surface area (Å²) in [7, 11) is -3.83. The number of carbonyl (C=O) groups is 1. The molecule has 32 heavy (non-hydrogen) atoms. The van der Waals surface area contributed by atoms with Crippen LogP contribution in [0.5, 0.6) is 0 Å². The van der Waals surface area contributed by atoms with E-state index >= 15 is 0 Å². The van der Waals surface area contributed by atoms with Crippen LogP contribution >= 0.6 is 0 Å². The molecule has 10 heteroatoms. The molecule has 1 aromatic heterocycles. The molecule has 3 rings (SSSR count). The van der Waals surface area contributed by atoms with Gasteiger partial charge < -0.3 is 20.9 Å². The zero-order valence-electron chi connectivity index (χ0n) is 17.6. The molecule has 0 aliphatic rings. The molecule has 0 bridgehead atoms. The first-order valence-corrected chi connectivity index (χ1v) is 11.5. The summed E-state index contributed by atoms with van der Waals surface area (Å²) in [5.74, 6) is -1.49. The average Bonchev–Trinajstić information content (AvgIpc) is 2.75. The lowest BCUT2D eigenvalue weighted by atomic mass is 10.1. The number of aliphatic hydroxyl groups is 1. The first-order chi connectivity index (χ1) is 15.2. The highest BCUT2D eigenvalue weighted by atomic mass is 32.2. The maximum atomic E-state index is 12.3. The minimum Gasteiger partial charge on any atom is -0.465 e. The van der Waals surface area contributed by atoms with Gasteiger partial charge in [-0.25, -0.2) is 18.4 Å². The third-order valence-electron chi connectivity index (χ3n) is 4.57. The second-order valence-corrected chi connectivity index (χ2v) is 9.02. The lowest BCUT2D eigenvalue weighted by Gasteiger charge is -2.16. The molecular weight excluding hydrogens is 432 g/mol. The Morgan fingerprint density at radius 3 is 2.44 bits per heavy atom. The number of ether oxygens (including phenoxy) is 1. The number of hydrogen-bond acceptors (Lipinski definition) is 9. The number of aryl methyl sites for hydroxylation is 1. The highest BCUT2D eigenvalue weighted by Crippen LogP contribution is 2.25. The minimum atomic E-state index is -3.83. The van der Waals surface area contributed by atoms with Crippen LogP contribution in [0.25, 0.3) is 11.3 Å². The Morgan fingerprint density at radius 2 is 1.81 bits per heavy atom. The number of aromatic nitrogens is 2. The third kappa shape index (κ3) is 5.59. The number of carbonyl (C=O) groups excluding carboxylic acids is 1. The standard InChI is InChI=1S/C22H24N4O5S/c1-3-31-19(27)13-32(29,30)17-10-8-16(9-11-17)25-22(28)20-21(23)24-12-18(26-20)15-6-4-14(2)5-7-15/h4-12,22,25,28H,3,13H2,1-2H3,(H2,23,24). The Hall–Kier alpha value is -3.50. The summed E-state index contributed by atoms with van der Waals surface area (Å²) in [6.07, 6.45) is 0.245. The van der Waals surface area contributed by atoms with Gasteiger partial charge in [-0.15, -0.1) is 0 Å². The number of hydrogen-bond donors (Lipinski definition) is 3. The summed E-state index contributed by atoms with van der Waals surface area (Å²) in [6, 6.07) is 13.3. The van der Waals surface area contributed by atoms with E-state index in [1.165, 1.54) is 30.5 Å². The van der Waals surface area contributed by atoms with Gasteiger partial charge in [0.1, 0.15) is 11.5 Å². The third-order valence-corrected chi connectivity index (χ3v) is 6.17. The number of nitrogens with two attached hydrogens (primary N) is 1. The molecule has 0 aliphatic heterocycles. The molecule has 0 saturated carbocycles. The van der Waals surface area contributed by atoms with Crippen molar-refractivity contribution in [3.63, 3.8) is 0 Å². The van der Waals surface area contributed by atoms with Crippen molar-refractivity contribution in [3.05, 3.63) is 66.0 Å².